The van der Waals surface area contributed by atoms with Crippen molar-refractivity contribution in [1.29, 1.82) is 0 Å². The molecule has 0 aliphatic heterocycles. The van der Waals surface area contributed by atoms with Crippen molar-refractivity contribution in [2.75, 3.05) is 0 Å². The van der Waals surface area contributed by atoms with Crippen molar-refractivity contribution < 1.29 is 30.0 Å². The molecule has 0 bridgehead atoms. The Balaban J connectivity index is 1.89. The van der Waals surface area contributed by atoms with E-state index in [9.17, 15) is 39.6 Å². The Morgan fingerprint density at radius 2 is 1.03 bits per heavy atom. The van der Waals surface area contributed by atoms with Gasteiger partial charge in [-0.15, -0.1) is 5.73 Å². The van der Waals surface area contributed by atoms with Crippen LogP contribution in [-0.4, -0.2) is 50.6 Å². The molecule has 0 saturated carbocycles. The molecule has 0 atom stereocenters. The van der Waals surface area contributed by atoms with Gasteiger partial charge < -0.3 is 20.4 Å². The number of carbonyl (C=O) groups is 2. The number of carboxylic acids is 2. The lowest BCUT2D eigenvalue weighted by molar-refractivity contribution is -0.138. The number of aromatic nitrogens is 4. The summed E-state index contributed by atoms with van der Waals surface area (Å²) in [5.41, 5.74) is 1.14. The number of rotatable bonds is 8. The van der Waals surface area contributed by atoms with Gasteiger partial charge in [-0.2, -0.15) is 0 Å². The van der Waals surface area contributed by atoms with Crippen LogP contribution in [0.1, 0.15) is 11.4 Å². The van der Waals surface area contributed by atoms with Crippen molar-refractivity contribution in [1.82, 2.24) is 18.3 Å². The van der Waals surface area contributed by atoms with Crippen LogP contribution in [0, 0.1) is 0 Å². The lowest BCUT2D eigenvalue weighted by Gasteiger charge is -2.01. The number of hydrogen-bond donors (Lipinski definition) is 4. The predicted octanol–water partition coefficient (Wildman–Crippen LogP) is 1.50. The number of para-hydroxylation sites is 2. The smallest absolute Gasteiger partial charge is 0.336 e. The van der Waals surface area contributed by atoms with Crippen molar-refractivity contribution in [3.63, 3.8) is 0 Å². The first-order valence-electron chi connectivity index (χ1n) is 10.8. The third kappa shape index (κ3) is 4.72. The summed E-state index contributed by atoms with van der Waals surface area (Å²) in [5, 5.41) is 40.0. The molecule has 0 aliphatic rings. The number of aromatic hydroxyl groups is 2. The lowest BCUT2D eigenvalue weighted by atomic mass is 10.3. The lowest BCUT2D eigenvalue weighted by Crippen LogP contribution is -2.26. The van der Waals surface area contributed by atoms with Crippen molar-refractivity contribution >= 4 is 24.1 Å². The SMILES string of the molecule is O=C(O)Cn1c(C=C=Cc2c(O)n(-c3ccccc3)c(=O)n2CC(=O)O)c(O)n(-c2ccccc2)c1=O. The molecule has 0 spiro atoms. The highest BCUT2D eigenvalue weighted by Gasteiger charge is 2.22. The molecule has 12 nitrogen and oxygen atoms in total. The quantitative estimate of drug-likeness (QED) is 0.262. The monoisotopic (exact) mass is 504 g/mol. The zero-order chi connectivity index (χ0) is 26.7. The first-order valence-corrected chi connectivity index (χ1v) is 10.8. The van der Waals surface area contributed by atoms with E-state index in [1.54, 1.807) is 60.7 Å². The number of imidazole rings is 2. The number of carboxylic acid groups (broad SMARTS) is 2. The minimum absolute atomic E-state index is 0.207. The van der Waals surface area contributed by atoms with E-state index in [1.165, 1.54) is 0 Å². The summed E-state index contributed by atoms with van der Waals surface area (Å²) in [6.45, 7) is -1.53. The van der Waals surface area contributed by atoms with E-state index in [1.807, 2.05) is 0 Å². The van der Waals surface area contributed by atoms with Gasteiger partial charge in [0.25, 0.3) is 0 Å². The number of aliphatic carboxylic acids is 2. The van der Waals surface area contributed by atoms with Gasteiger partial charge in [0, 0.05) is 12.2 Å². The van der Waals surface area contributed by atoms with Gasteiger partial charge in [0.15, 0.2) is 0 Å². The van der Waals surface area contributed by atoms with Crippen LogP contribution in [0.2, 0.25) is 0 Å². The molecule has 0 fully saturated rings. The molecule has 0 radical (unpaired) electrons. The first kappa shape index (κ1) is 24.6. The molecular weight excluding hydrogens is 484 g/mol. The van der Waals surface area contributed by atoms with Crippen LogP contribution >= 0.6 is 0 Å². The normalized spacial score (nSPS) is 10.6. The maximum absolute atomic E-state index is 12.9. The summed E-state index contributed by atoms with van der Waals surface area (Å²) >= 11 is 0. The Labute approximate surface area is 207 Å². The molecule has 4 N–H and O–H groups in total. The maximum atomic E-state index is 12.9. The summed E-state index contributed by atoms with van der Waals surface area (Å²) < 4.78 is 3.45. The minimum Gasteiger partial charge on any atom is -0.493 e. The van der Waals surface area contributed by atoms with E-state index in [2.05, 4.69) is 5.73 Å². The molecule has 2 heterocycles. The zero-order valence-corrected chi connectivity index (χ0v) is 19.1. The van der Waals surface area contributed by atoms with Gasteiger partial charge in [-0.25, -0.2) is 18.7 Å². The van der Waals surface area contributed by atoms with Crippen LogP contribution < -0.4 is 11.4 Å². The molecular formula is C25H20N4O8. The standard InChI is InChI=1S/C25H20N4O8/c30-20(31)14-26-18(22(34)28(24(26)36)16-8-3-1-4-9-16)12-7-13-19-23(35)29(17-10-5-2-6-11-17)25(37)27(19)15-21(32)33/h1-6,8-13,34-35H,14-15H2,(H,30,31)(H,32,33). The minimum atomic E-state index is -1.33. The third-order valence-electron chi connectivity index (χ3n) is 5.36. The van der Waals surface area contributed by atoms with Gasteiger partial charge >= 0.3 is 23.3 Å². The van der Waals surface area contributed by atoms with Gasteiger partial charge in [-0.1, -0.05) is 36.4 Å². The number of benzene rings is 2. The summed E-state index contributed by atoms with van der Waals surface area (Å²) in [5.74, 6) is -3.79. The van der Waals surface area contributed by atoms with E-state index in [0.717, 1.165) is 30.4 Å². The van der Waals surface area contributed by atoms with Gasteiger partial charge in [0.05, 0.1) is 11.4 Å². The Morgan fingerprint density at radius 1 is 0.676 bits per heavy atom. The van der Waals surface area contributed by atoms with E-state index >= 15 is 0 Å². The summed E-state index contributed by atoms with van der Waals surface area (Å²) in [7, 11) is 0. The van der Waals surface area contributed by atoms with Gasteiger partial charge in [-0.3, -0.25) is 18.7 Å². The molecule has 4 rings (SSSR count). The van der Waals surface area contributed by atoms with Crippen molar-refractivity contribution in [3.8, 4) is 23.1 Å². The zero-order valence-electron chi connectivity index (χ0n) is 19.1. The summed E-state index contributed by atoms with van der Waals surface area (Å²) in [4.78, 5) is 48.5. The third-order valence-corrected chi connectivity index (χ3v) is 5.36. The van der Waals surface area contributed by atoms with Gasteiger partial charge in [0.2, 0.25) is 11.8 Å². The highest BCUT2D eigenvalue weighted by Crippen LogP contribution is 2.24. The Kier molecular flexibility index (Phi) is 6.67. The molecule has 0 aliphatic carbocycles. The Hall–Kier alpha value is -5.48. The molecule has 0 amide bonds. The van der Waals surface area contributed by atoms with E-state index < -0.39 is 48.2 Å². The second kappa shape index (κ2) is 10.0. The fraction of sp³-hybridized carbons (Fsp3) is 0.0800. The first-order chi connectivity index (χ1) is 17.7. The largest absolute Gasteiger partial charge is 0.493 e. The molecule has 2 aromatic carbocycles. The molecule has 4 aromatic rings. The van der Waals surface area contributed by atoms with Gasteiger partial charge in [-0.05, 0) is 24.3 Å². The van der Waals surface area contributed by atoms with Crippen molar-refractivity contribution in [2.45, 2.75) is 13.1 Å². The van der Waals surface area contributed by atoms with Crippen LogP contribution in [0.25, 0.3) is 23.5 Å². The second-order valence-electron chi connectivity index (χ2n) is 7.74. The summed E-state index contributed by atoms with van der Waals surface area (Å²) in [6, 6.07) is 16.1. The Morgan fingerprint density at radius 3 is 1.35 bits per heavy atom. The fourth-order valence-corrected chi connectivity index (χ4v) is 3.78. The molecule has 2 aromatic heterocycles. The topological polar surface area (TPSA) is 169 Å². The highest BCUT2D eigenvalue weighted by molar-refractivity contribution is 5.69. The predicted molar refractivity (Wildman–Crippen MR) is 131 cm³/mol. The average Bonchev–Trinajstić information content (AvgIpc) is 3.23. The van der Waals surface area contributed by atoms with Gasteiger partial charge in [0.1, 0.15) is 24.5 Å². The fourth-order valence-electron chi connectivity index (χ4n) is 3.78. The van der Waals surface area contributed by atoms with Crippen LogP contribution in [-0.2, 0) is 22.7 Å². The number of nitrogens with zero attached hydrogens (tertiary/aromatic N) is 4. The van der Waals surface area contributed by atoms with E-state index in [0.29, 0.717) is 11.4 Å². The van der Waals surface area contributed by atoms with Crippen molar-refractivity contribution in [2.24, 2.45) is 0 Å². The average molecular weight is 504 g/mol. The van der Waals surface area contributed by atoms with Crippen LogP contribution in [0.3, 0.4) is 0 Å². The molecule has 37 heavy (non-hydrogen) atoms. The number of hydrogen-bond acceptors (Lipinski definition) is 6. The van der Waals surface area contributed by atoms with E-state index in [4.69, 9.17) is 0 Å². The van der Waals surface area contributed by atoms with Crippen LogP contribution in [0.15, 0.2) is 76.0 Å². The molecule has 188 valence electrons. The molecule has 0 saturated heterocycles. The van der Waals surface area contributed by atoms with Crippen LogP contribution in [0.4, 0.5) is 0 Å². The molecule has 0 unspecified atom stereocenters. The highest BCUT2D eigenvalue weighted by atomic mass is 16.4. The van der Waals surface area contributed by atoms with E-state index in [-0.39, 0.29) is 11.4 Å². The second-order valence-corrected chi connectivity index (χ2v) is 7.74. The Bertz CT molecular complexity index is 1550. The summed E-state index contributed by atoms with van der Waals surface area (Å²) in [6.07, 6.45) is 2.18. The van der Waals surface area contributed by atoms with Crippen molar-refractivity contribution in [3.05, 3.63) is 98.8 Å². The maximum Gasteiger partial charge on any atom is 0.336 e. The van der Waals surface area contributed by atoms with Crippen LogP contribution in [0.5, 0.6) is 11.8 Å². The molecule has 12 heteroatoms.